The highest BCUT2D eigenvalue weighted by molar-refractivity contribution is 6.30. The molecule has 104 valence electrons. The van der Waals surface area contributed by atoms with Crippen LogP contribution in [0.2, 0.25) is 5.02 Å². The van der Waals surface area contributed by atoms with Crippen molar-refractivity contribution >= 4 is 17.5 Å². The fraction of sp³-hybridized carbons (Fsp3) is 0.500. The van der Waals surface area contributed by atoms with Gasteiger partial charge in [-0.3, -0.25) is 4.79 Å². The molecule has 2 rings (SSSR count). The Morgan fingerprint density at radius 3 is 2.89 bits per heavy atom. The summed E-state index contributed by atoms with van der Waals surface area (Å²) in [7, 11) is 0. The van der Waals surface area contributed by atoms with E-state index in [2.05, 4.69) is 10.6 Å². The highest BCUT2D eigenvalue weighted by Gasteiger charge is 2.13. The molecule has 0 bridgehead atoms. The van der Waals surface area contributed by atoms with Crippen molar-refractivity contribution in [2.24, 2.45) is 0 Å². The lowest BCUT2D eigenvalue weighted by molar-refractivity contribution is -0.123. The van der Waals surface area contributed by atoms with Crippen LogP contribution in [0.3, 0.4) is 0 Å². The Bertz CT molecular complexity index is 402. The Hall–Kier alpha value is -1.26. The predicted molar refractivity (Wildman–Crippen MR) is 75.6 cm³/mol. The summed E-state index contributed by atoms with van der Waals surface area (Å²) in [6.07, 6.45) is 3.42. The lowest BCUT2D eigenvalue weighted by Crippen LogP contribution is -2.33. The van der Waals surface area contributed by atoms with Crippen LogP contribution in [0.25, 0.3) is 0 Å². The summed E-state index contributed by atoms with van der Waals surface area (Å²) in [6, 6.07) is 7.52. The summed E-state index contributed by atoms with van der Waals surface area (Å²) in [5.41, 5.74) is 0. The van der Waals surface area contributed by atoms with Crippen molar-refractivity contribution in [1.29, 1.82) is 0 Å². The number of carbonyl (C=O) groups is 1. The molecule has 1 aliphatic heterocycles. The molecule has 1 amide bonds. The lowest BCUT2D eigenvalue weighted by atomic mass is 10.1. The van der Waals surface area contributed by atoms with Gasteiger partial charge in [-0.05, 0) is 50.1 Å². The number of amides is 1. The molecule has 1 atom stereocenters. The average molecular weight is 283 g/mol. The second-order valence-corrected chi connectivity index (χ2v) is 5.11. The Morgan fingerprint density at radius 1 is 1.42 bits per heavy atom. The van der Waals surface area contributed by atoms with Crippen molar-refractivity contribution in [3.8, 4) is 5.75 Å². The summed E-state index contributed by atoms with van der Waals surface area (Å²) in [5, 5.41) is 6.91. The van der Waals surface area contributed by atoms with Crippen LogP contribution >= 0.6 is 11.6 Å². The standard InChI is InChI=1S/C14H19ClN2O2/c15-11-3-5-13(6-4-11)19-10-14(18)17-9-7-12-2-1-8-16-12/h3-6,12,16H,1-2,7-10H2,(H,17,18). The van der Waals surface area contributed by atoms with E-state index in [9.17, 15) is 4.79 Å². The van der Waals surface area contributed by atoms with Gasteiger partial charge in [0.15, 0.2) is 6.61 Å². The van der Waals surface area contributed by atoms with Gasteiger partial charge in [0, 0.05) is 17.6 Å². The first-order valence-electron chi connectivity index (χ1n) is 6.62. The van der Waals surface area contributed by atoms with E-state index in [0.717, 1.165) is 13.0 Å². The molecular formula is C14H19ClN2O2. The van der Waals surface area contributed by atoms with Crippen molar-refractivity contribution in [3.63, 3.8) is 0 Å². The molecule has 5 heteroatoms. The first kappa shape index (κ1) is 14.2. The maximum Gasteiger partial charge on any atom is 0.257 e. The van der Waals surface area contributed by atoms with E-state index >= 15 is 0 Å². The van der Waals surface area contributed by atoms with Crippen LogP contribution in [-0.4, -0.2) is 31.6 Å². The molecule has 2 N–H and O–H groups in total. The summed E-state index contributed by atoms with van der Waals surface area (Å²) in [6.45, 7) is 1.83. The zero-order valence-corrected chi connectivity index (χ0v) is 11.6. The van der Waals surface area contributed by atoms with Gasteiger partial charge < -0.3 is 15.4 Å². The van der Waals surface area contributed by atoms with Gasteiger partial charge >= 0.3 is 0 Å². The van der Waals surface area contributed by atoms with Crippen LogP contribution in [0.4, 0.5) is 0 Å². The molecule has 1 heterocycles. The second kappa shape index (κ2) is 7.36. The number of nitrogens with one attached hydrogen (secondary N) is 2. The highest BCUT2D eigenvalue weighted by Crippen LogP contribution is 2.15. The van der Waals surface area contributed by atoms with E-state index in [0.29, 0.717) is 23.4 Å². The molecule has 1 aromatic rings. The molecule has 1 aromatic carbocycles. The molecule has 0 radical (unpaired) electrons. The van der Waals surface area contributed by atoms with Crippen LogP contribution < -0.4 is 15.4 Å². The summed E-state index contributed by atoms with van der Waals surface area (Å²) >= 11 is 5.76. The maximum absolute atomic E-state index is 11.6. The van der Waals surface area contributed by atoms with Crippen molar-refractivity contribution in [1.82, 2.24) is 10.6 Å². The molecule has 0 aliphatic carbocycles. The van der Waals surface area contributed by atoms with Crippen LogP contribution in [0.1, 0.15) is 19.3 Å². The Balaban J connectivity index is 1.60. The third-order valence-corrected chi connectivity index (χ3v) is 3.41. The average Bonchev–Trinajstić information content (AvgIpc) is 2.91. The van der Waals surface area contributed by atoms with Gasteiger partial charge in [0.05, 0.1) is 0 Å². The number of halogens is 1. The van der Waals surface area contributed by atoms with Gasteiger partial charge in [-0.2, -0.15) is 0 Å². The minimum atomic E-state index is -0.0899. The molecule has 1 fully saturated rings. The first-order valence-corrected chi connectivity index (χ1v) is 7.00. The Labute approximate surface area is 118 Å². The maximum atomic E-state index is 11.6. The van der Waals surface area contributed by atoms with Gasteiger partial charge in [0.1, 0.15) is 5.75 Å². The normalized spacial score (nSPS) is 18.3. The van der Waals surface area contributed by atoms with Crippen molar-refractivity contribution in [3.05, 3.63) is 29.3 Å². The molecule has 1 aliphatic rings. The van der Waals surface area contributed by atoms with Crippen molar-refractivity contribution in [2.75, 3.05) is 19.7 Å². The minimum Gasteiger partial charge on any atom is -0.484 e. The molecule has 0 saturated carbocycles. The zero-order valence-electron chi connectivity index (χ0n) is 10.8. The lowest BCUT2D eigenvalue weighted by Gasteiger charge is -2.11. The monoisotopic (exact) mass is 282 g/mol. The Morgan fingerprint density at radius 2 is 2.21 bits per heavy atom. The van der Waals surface area contributed by atoms with Gasteiger partial charge in [-0.15, -0.1) is 0 Å². The molecule has 0 spiro atoms. The smallest absolute Gasteiger partial charge is 0.257 e. The van der Waals surface area contributed by atoms with E-state index in [4.69, 9.17) is 16.3 Å². The fourth-order valence-corrected chi connectivity index (χ4v) is 2.25. The van der Waals surface area contributed by atoms with Gasteiger partial charge in [0.25, 0.3) is 5.91 Å². The van der Waals surface area contributed by atoms with E-state index in [1.54, 1.807) is 24.3 Å². The third kappa shape index (κ3) is 5.09. The quantitative estimate of drug-likeness (QED) is 0.839. The molecule has 19 heavy (non-hydrogen) atoms. The van der Waals surface area contributed by atoms with Crippen LogP contribution in [-0.2, 0) is 4.79 Å². The zero-order chi connectivity index (χ0) is 13.5. The van der Waals surface area contributed by atoms with Crippen LogP contribution in [0, 0.1) is 0 Å². The third-order valence-electron chi connectivity index (χ3n) is 3.16. The summed E-state index contributed by atoms with van der Waals surface area (Å²) in [4.78, 5) is 11.6. The number of ether oxygens (including phenoxy) is 1. The highest BCUT2D eigenvalue weighted by atomic mass is 35.5. The largest absolute Gasteiger partial charge is 0.484 e. The number of hydrogen-bond donors (Lipinski definition) is 2. The van der Waals surface area contributed by atoms with Crippen LogP contribution in [0.5, 0.6) is 5.75 Å². The van der Waals surface area contributed by atoms with Crippen molar-refractivity contribution < 1.29 is 9.53 Å². The topological polar surface area (TPSA) is 50.4 Å². The van der Waals surface area contributed by atoms with E-state index in [1.165, 1.54) is 12.8 Å². The Kier molecular flexibility index (Phi) is 5.48. The number of hydrogen-bond acceptors (Lipinski definition) is 3. The molecule has 4 nitrogen and oxygen atoms in total. The molecule has 1 saturated heterocycles. The summed E-state index contributed by atoms with van der Waals surface area (Å²) < 4.78 is 5.36. The van der Waals surface area contributed by atoms with E-state index in [-0.39, 0.29) is 12.5 Å². The van der Waals surface area contributed by atoms with E-state index in [1.807, 2.05) is 0 Å². The number of carbonyl (C=O) groups excluding carboxylic acids is 1. The fourth-order valence-electron chi connectivity index (χ4n) is 2.12. The molecule has 0 aromatic heterocycles. The first-order chi connectivity index (χ1) is 9.24. The number of rotatable bonds is 6. The second-order valence-electron chi connectivity index (χ2n) is 4.67. The predicted octanol–water partition coefficient (Wildman–Crippen LogP) is 1.98. The SMILES string of the molecule is O=C(COc1ccc(Cl)cc1)NCCC1CCCN1. The van der Waals surface area contributed by atoms with Gasteiger partial charge in [-0.25, -0.2) is 0 Å². The summed E-state index contributed by atoms with van der Waals surface area (Å²) in [5.74, 6) is 0.560. The number of benzene rings is 1. The van der Waals surface area contributed by atoms with Gasteiger partial charge in [-0.1, -0.05) is 11.6 Å². The molecular weight excluding hydrogens is 264 g/mol. The minimum absolute atomic E-state index is 0.0414. The van der Waals surface area contributed by atoms with Crippen molar-refractivity contribution in [2.45, 2.75) is 25.3 Å². The van der Waals surface area contributed by atoms with Crippen LogP contribution in [0.15, 0.2) is 24.3 Å². The van der Waals surface area contributed by atoms with E-state index < -0.39 is 0 Å². The van der Waals surface area contributed by atoms with Gasteiger partial charge in [0.2, 0.25) is 0 Å². The molecule has 1 unspecified atom stereocenters.